The first-order valence-electron chi connectivity index (χ1n) is 9.75. The summed E-state index contributed by atoms with van der Waals surface area (Å²) in [6, 6.07) is 11.9. The van der Waals surface area contributed by atoms with E-state index in [1.807, 2.05) is 6.92 Å². The first kappa shape index (κ1) is 19.8. The number of nitrogens with zero attached hydrogens (tertiary/aromatic N) is 4. The third-order valence-electron chi connectivity index (χ3n) is 5.67. The number of benzene rings is 2. The molecule has 0 saturated carbocycles. The van der Waals surface area contributed by atoms with Crippen molar-refractivity contribution < 1.29 is 14.1 Å². The van der Waals surface area contributed by atoms with Crippen molar-refractivity contribution in [2.24, 2.45) is 0 Å². The predicted molar refractivity (Wildman–Crippen MR) is 109 cm³/mol. The van der Waals surface area contributed by atoms with Gasteiger partial charge in [-0.25, -0.2) is 9.07 Å². The highest BCUT2D eigenvalue weighted by Crippen LogP contribution is 2.30. The molecule has 0 N–H and O–H groups in total. The van der Waals surface area contributed by atoms with Crippen LogP contribution in [0, 0.1) is 15.9 Å². The maximum Gasteiger partial charge on any atom is 0.274 e. The summed E-state index contributed by atoms with van der Waals surface area (Å²) in [7, 11) is 1.67. The van der Waals surface area contributed by atoms with Crippen LogP contribution in [-0.4, -0.2) is 32.6 Å². The fraction of sp³-hybridized carbons (Fsp3) is 0.273. The van der Waals surface area contributed by atoms with Crippen LogP contribution in [0.15, 0.2) is 48.5 Å². The second-order valence-corrected chi connectivity index (χ2v) is 7.46. The number of carbonyl (C=O) groups excluding carboxylic acids is 1. The summed E-state index contributed by atoms with van der Waals surface area (Å²) in [5.41, 5.74) is 3.65. The monoisotopic (exact) mass is 408 g/mol. The van der Waals surface area contributed by atoms with Crippen LogP contribution in [0.2, 0.25) is 0 Å². The van der Waals surface area contributed by atoms with Gasteiger partial charge in [-0.3, -0.25) is 14.9 Å². The van der Waals surface area contributed by atoms with E-state index in [-0.39, 0.29) is 23.5 Å². The minimum absolute atomic E-state index is 0.0123. The third-order valence-corrected chi connectivity index (χ3v) is 5.67. The quantitative estimate of drug-likeness (QED) is 0.467. The van der Waals surface area contributed by atoms with E-state index < -0.39 is 4.92 Å². The molecule has 1 heterocycles. The zero-order chi connectivity index (χ0) is 21.4. The van der Waals surface area contributed by atoms with Crippen LogP contribution in [0.5, 0.6) is 0 Å². The Bertz CT molecular complexity index is 1120. The molecule has 1 aromatic heterocycles. The van der Waals surface area contributed by atoms with Gasteiger partial charge in [0.25, 0.3) is 11.6 Å². The predicted octanol–water partition coefficient (Wildman–Crippen LogP) is 4.24. The first-order valence-corrected chi connectivity index (χ1v) is 9.75. The van der Waals surface area contributed by atoms with E-state index in [2.05, 4.69) is 5.10 Å². The topological polar surface area (TPSA) is 81.3 Å². The van der Waals surface area contributed by atoms with Crippen LogP contribution >= 0.6 is 0 Å². The number of hydrogen-bond donors (Lipinski definition) is 0. The number of aromatic nitrogens is 2. The zero-order valence-electron chi connectivity index (χ0n) is 16.7. The summed E-state index contributed by atoms with van der Waals surface area (Å²) < 4.78 is 15.0. The van der Waals surface area contributed by atoms with E-state index in [9.17, 15) is 19.3 Å². The molecule has 8 heteroatoms. The van der Waals surface area contributed by atoms with Crippen molar-refractivity contribution in [2.45, 2.75) is 32.2 Å². The van der Waals surface area contributed by atoms with Gasteiger partial charge in [-0.15, -0.1) is 0 Å². The van der Waals surface area contributed by atoms with Gasteiger partial charge in [0.2, 0.25) is 0 Å². The Morgan fingerprint density at radius 3 is 2.67 bits per heavy atom. The fourth-order valence-corrected chi connectivity index (χ4v) is 3.87. The Kier molecular flexibility index (Phi) is 5.07. The largest absolute Gasteiger partial charge is 0.334 e. The van der Waals surface area contributed by atoms with Crippen molar-refractivity contribution in [3.63, 3.8) is 0 Å². The fourth-order valence-electron chi connectivity index (χ4n) is 3.87. The summed E-state index contributed by atoms with van der Waals surface area (Å²) in [5.74, 6) is -0.572. The minimum Gasteiger partial charge on any atom is -0.334 e. The molecular formula is C22H21FN4O3. The van der Waals surface area contributed by atoms with Gasteiger partial charge >= 0.3 is 0 Å². The Labute approximate surface area is 172 Å². The molecule has 154 valence electrons. The molecule has 1 unspecified atom stereocenters. The SMILES string of the molecule is CC(c1cccc([N+](=O)[O-])c1)N(C)C(=O)c1nn(-c2ccc(F)cc2)c2c1CCC2. The maximum absolute atomic E-state index is 13.3. The van der Waals surface area contributed by atoms with Crippen LogP contribution in [0.25, 0.3) is 5.69 Å². The molecule has 1 aliphatic carbocycles. The number of hydrogen-bond acceptors (Lipinski definition) is 4. The summed E-state index contributed by atoms with van der Waals surface area (Å²) >= 11 is 0. The van der Waals surface area contributed by atoms with Gasteiger partial charge in [0, 0.05) is 30.4 Å². The maximum atomic E-state index is 13.3. The molecule has 2 aromatic carbocycles. The molecular weight excluding hydrogens is 387 g/mol. The second-order valence-electron chi connectivity index (χ2n) is 7.46. The van der Waals surface area contributed by atoms with Crippen molar-refractivity contribution in [1.82, 2.24) is 14.7 Å². The Morgan fingerprint density at radius 2 is 1.97 bits per heavy atom. The summed E-state index contributed by atoms with van der Waals surface area (Å²) in [6.45, 7) is 1.83. The standard InChI is InChI=1S/C22H21FN4O3/c1-14(15-5-3-6-18(13-15)27(29)30)25(2)22(28)21-19-7-4-8-20(19)26(24-21)17-11-9-16(23)10-12-17/h3,5-6,9-14H,4,7-8H2,1-2H3. The molecule has 1 amide bonds. The van der Waals surface area contributed by atoms with E-state index in [4.69, 9.17) is 0 Å². The number of fused-ring (bicyclic) bond motifs is 1. The van der Waals surface area contributed by atoms with Gasteiger partial charge in [0.15, 0.2) is 5.69 Å². The third kappa shape index (κ3) is 3.45. The van der Waals surface area contributed by atoms with Crippen molar-refractivity contribution in [2.75, 3.05) is 7.05 Å². The number of rotatable bonds is 5. The lowest BCUT2D eigenvalue weighted by atomic mass is 10.1. The molecule has 0 fully saturated rings. The van der Waals surface area contributed by atoms with Crippen LogP contribution in [0.3, 0.4) is 0 Å². The number of nitro benzene ring substituents is 1. The highest BCUT2D eigenvalue weighted by Gasteiger charge is 2.30. The van der Waals surface area contributed by atoms with E-state index in [0.717, 1.165) is 30.5 Å². The summed E-state index contributed by atoms with van der Waals surface area (Å²) in [5, 5.41) is 15.6. The molecule has 0 saturated heterocycles. The highest BCUT2D eigenvalue weighted by molar-refractivity contribution is 5.94. The normalized spacial score (nSPS) is 13.7. The average molecular weight is 408 g/mol. The van der Waals surface area contributed by atoms with Crippen molar-refractivity contribution >= 4 is 11.6 Å². The molecule has 4 rings (SSSR count). The molecule has 1 atom stereocenters. The molecule has 3 aromatic rings. The van der Waals surface area contributed by atoms with Crippen molar-refractivity contribution in [3.05, 3.63) is 87.0 Å². The summed E-state index contributed by atoms with van der Waals surface area (Å²) in [6.07, 6.45) is 2.49. The smallest absolute Gasteiger partial charge is 0.274 e. The second kappa shape index (κ2) is 7.70. The Morgan fingerprint density at radius 1 is 1.23 bits per heavy atom. The molecule has 1 aliphatic rings. The van der Waals surface area contributed by atoms with Crippen molar-refractivity contribution in [3.8, 4) is 5.69 Å². The lowest BCUT2D eigenvalue weighted by Gasteiger charge is -2.25. The van der Waals surface area contributed by atoms with Gasteiger partial charge in [-0.2, -0.15) is 5.10 Å². The Balaban J connectivity index is 1.66. The molecule has 0 spiro atoms. The van der Waals surface area contributed by atoms with E-state index in [1.165, 1.54) is 24.3 Å². The lowest BCUT2D eigenvalue weighted by Crippen LogP contribution is -2.30. The van der Waals surface area contributed by atoms with Gasteiger partial charge in [-0.05, 0) is 56.0 Å². The van der Waals surface area contributed by atoms with E-state index in [1.54, 1.807) is 40.9 Å². The number of non-ortho nitro benzene ring substituents is 1. The van der Waals surface area contributed by atoms with Crippen LogP contribution < -0.4 is 0 Å². The minimum atomic E-state index is -0.449. The van der Waals surface area contributed by atoms with Crippen LogP contribution in [-0.2, 0) is 12.8 Å². The first-order chi connectivity index (χ1) is 14.4. The number of carbonyl (C=O) groups is 1. The molecule has 0 bridgehead atoms. The number of nitro groups is 1. The summed E-state index contributed by atoms with van der Waals surface area (Å²) in [4.78, 5) is 25.5. The highest BCUT2D eigenvalue weighted by atomic mass is 19.1. The number of amides is 1. The Hall–Kier alpha value is -3.55. The van der Waals surface area contributed by atoms with Gasteiger partial charge in [-0.1, -0.05) is 12.1 Å². The molecule has 0 radical (unpaired) electrons. The van der Waals surface area contributed by atoms with Gasteiger partial charge in [0.05, 0.1) is 16.7 Å². The van der Waals surface area contributed by atoms with E-state index >= 15 is 0 Å². The van der Waals surface area contributed by atoms with Gasteiger partial charge < -0.3 is 4.90 Å². The molecule has 30 heavy (non-hydrogen) atoms. The van der Waals surface area contributed by atoms with Crippen LogP contribution in [0.1, 0.15) is 46.7 Å². The van der Waals surface area contributed by atoms with Gasteiger partial charge in [0.1, 0.15) is 5.82 Å². The zero-order valence-corrected chi connectivity index (χ0v) is 16.7. The molecule has 7 nitrogen and oxygen atoms in total. The van der Waals surface area contributed by atoms with Crippen LogP contribution in [0.4, 0.5) is 10.1 Å². The van der Waals surface area contributed by atoms with E-state index in [0.29, 0.717) is 16.9 Å². The average Bonchev–Trinajstić information content (AvgIpc) is 3.36. The lowest BCUT2D eigenvalue weighted by molar-refractivity contribution is -0.384. The van der Waals surface area contributed by atoms with Crippen molar-refractivity contribution in [1.29, 1.82) is 0 Å². The molecule has 0 aliphatic heterocycles. The number of halogens is 1.